The van der Waals surface area contributed by atoms with Crippen LogP contribution in [0, 0.1) is 24.7 Å². The summed E-state index contributed by atoms with van der Waals surface area (Å²) in [5, 5.41) is 7.92. The number of carbonyl (C=O) groups is 1. The van der Waals surface area contributed by atoms with Crippen molar-refractivity contribution < 1.29 is 17.9 Å². The van der Waals surface area contributed by atoms with E-state index >= 15 is 0 Å². The number of aromatic nitrogens is 5. The number of piperidine rings is 1. The van der Waals surface area contributed by atoms with Gasteiger partial charge in [-0.05, 0) is 49.4 Å². The van der Waals surface area contributed by atoms with Crippen LogP contribution in [0.2, 0.25) is 5.15 Å². The third kappa shape index (κ3) is 5.71. The minimum atomic E-state index is -3.83. The molecule has 3 aromatic heterocycles. The fourth-order valence-electron chi connectivity index (χ4n) is 6.15. The third-order valence-corrected chi connectivity index (χ3v) is 9.14. The van der Waals surface area contributed by atoms with Gasteiger partial charge in [-0.3, -0.25) is 14.2 Å². The molecule has 1 aliphatic heterocycles. The number of amides is 1. The van der Waals surface area contributed by atoms with Gasteiger partial charge in [0.15, 0.2) is 5.69 Å². The largest absolute Gasteiger partial charge is 0.478 e. The van der Waals surface area contributed by atoms with Crippen molar-refractivity contribution in [3.8, 4) is 5.88 Å². The minimum absolute atomic E-state index is 0.0344. The van der Waals surface area contributed by atoms with Crippen LogP contribution in [-0.2, 0) is 24.1 Å². The summed E-state index contributed by atoms with van der Waals surface area (Å²) in [4.78, 5) is 37.6. The first-order valence-electron chi connectivity index (χ1n) is 14.1. The van der Waals surface area contributed by atoms with Gasteiger partial charge in [0.25, 0.3) is 11.5 Å². The second-order valence-corrected chi connectivity index (χ2v) is 13.8. The van der Waals surface area contributed by atoms with Gasteiger partial charge in [0, 0.05) is 44.7 Å². The Morgan fingerprint density at radius 1 is 1.16 bits per heavy atom. The van der Waals surface area contributed by atoms with E-state index in [-0.39, 0.29) is 22.1 Å². The van der Waals surface area contributed by atoms with E-state index in [9.17, 15) is 18.0 Å². The molecule has 4 atom stereocenters. The summed E-state index contributed by atoms with van der Waals surface area (Å²) >= 11 is 6.04. The number of nitrogens with one attached hydrogen (secondary N) is 2. The second-order valence-electron chi connectivity index (χ2n) is 11.6. The Balaban J connectivity index is 1.27. The molecular weight excluding hydrogens is 608 g/mol. The number of hydrogen-bond acceptors (Lipinski definition) is 10. The highest BCUT2D eigenvalue weighted by Crippen LogP contribution is 2.52. The van der Waals surface area contributed by atoms with Crippen molar-refractivity contribution in [1.82, 2.24) is 29.0 Å². The number of carbonyl (C=O) groups excluding carboxylic acids is 1. The topological polar surface area (TPSA) is 153 Å². The number of fused-ring (bicyclic) bond motifs is 2. The molecule has 0 bridgehead atoms. The van der Waals surface area contributed by atoms with Crippen LogP contribution in [0.4, 0.5) is 11.6 Å². The van der Waals surface area contributed by atoms with E-state index in [2.05, 4.69) is 20.3 Å². The summed E-state index contributed by atoms with van der Waals surface area (Å²) in [7, 11) is -0.236. The number of sulfonamides is 1. The van der Waals surface area contributed by atoms with E-state index in [1.54, 1.807) is 28.6 Å². The van der Waals surface area contributed by atoms with E-state index in [0.717, 1.165) is 36.4 Å². The number of anilines is 2. The Bertz CT molecular complexity index is 1950. The van der Waals surface area contributed by atoms with E-state index in [1.807, 2.05) is 43.8 Å². The molecule has 0 spiro atoms. The van der Waals surface area contributed by atoms with Crippen LogP contribution in [0.25, 0.3) is 10.9 Å². The molecule has 232 valence electrons. The molecule has 2 N–H and O–H groups in total. The van der Waals surface area contributed by atoms with Crippen molar-refractivity contribution in [1.29, 1.82) is 0 Å². The zero-order chi connectivity index (χ0) is 31.5. The van der Waals surface area contributed by atoms with Gasteiger partial charge in [-0.25, -0.2) is 27.8 Å². The number of pyridine rings is 1. The van der Waals surface area contributed by atoms with E-state index in [0.29, 0.717) is 41.2 Å². The third-order valence-electron chi connectivity index (χ3n) is 8.38. The van der Waals surface area contributed by atoms with Crippen LogP contribution < -0.4 is 25.2 Å². The molecule has 1 saturated heterocycles. The van der Waals surface area contributed by atoms with Gasteiger partial charge in [0.2, 0.25) is 21.9 Å². The Morgan fingerprint density at radius 2 is 1.89 bits per heavy atom. The van der Waals surface area contributed by atoms with Crippen molar-refractivity contribution in [3.63, 3.8) is 0 Å². The average Bonchev–Trinajstić information content (AvgIpc) is 3.23. The molecule has 13 nitrogen and oxygen atoms in total. The predicted molar refractivity (Wildman–Crippen MR) is 167 cm³/mol. The number of ether oxygens (including phenoxy) is 1. The first-order valence-corrected chi connectivity index (χ1v) is 16.4. The molecule has 2 fully saturated rings. The lowest BCUT2D eigenvalue weighted by molar-refractivity contribution is 0.0977. The monoisotopic (exact) mass is 640 g/mol. The highest BCUT2D eigenvalue weighted by Gasteiger charge is 2.56. The van der Waals surface area contributed by atoms with E-state index < -0.39 is 22.0 Å². The molecule has 4 aromatic rings. The molecular formula is C29H33ClN8O5S. The highest BCUT2D eigenvalue weighted by atomic mass is 35.5. The van der Waals surface area contributed by atoms with Crippen molar-refractivity contribution in [2.24, 2.45) is 31.8 Å². The number of nitrogens with zero attached hydrogens (tertiary/aromatic N) is 6. The molecule has 1 amide bonds. The van der Waals surface area contributed by atoms with Gasteiger partial charge in [-0.2, -0.15) is 5.10 Å². The number of hydrogen-bond donors (Lipinski definition) is 2. The van der Waals surface area contributed by atoms with Crippen molar-refractivity contribution in [3.05, 3.63) is 68.9 Å². The van der Waals surface area contributed by atoms with Gasteiger partial charge in [0.05, 0.1) is 41.7 Å². The van der Waals surface area contributed by atoms with Gasteiger partial charge in [0.1, 0.15) is 5.15 Å². The number of aryl methyl sites for hydroxylation is 2. The lowest BCUT2D eigenvalue weighted by Gasteiger charge is -2.25. The number of halogens is 1. The molecule has 1 unspecified atom stereocenters. The van der Waals surface area contributed by atoms with Crippen molar-refractivity contribution >= 4 is 50.1 Å². The van der Waals surface area contributed by atoms with Crippen LogP contribution in [0.1, 0.15) is 34.6 Å². The smallest absolute Gasteiger partial charge is 0.285 e. The SMILES string of the molecule is Cc1cc([C@@H](C)Nc2ccc(Cl)nc2C(=O)NS(C)(=O)=O)c2nc(N3C[C@@H]4C(COc5ccnn5C)[C@@H]4C3)n(C)c(=O)c2c1. The maximum absolute atomic E-state index is 13.6. The Hall–Kier alpha value is -4.17. The van der Waals surface area contributed by atoms with Crippen LogP contribution in [0.5, 0.6) is 5.88 Å². The summed E-state index contributed by atoms with van der Waals surface area (Å²) in [5.41, 5.74) is 2.12. The molecule has 4 heterocycles. The van der Waals surface area contributed by atoms with Crippen molar-refractivity contribution in [2.75, 3.05) is 36.2 Å². The summed E-state index contributed by atoms with van der Waals surface area (Å²) in [6, 6.07) is 8.24. The molecule has 1 aromatic carbocycles. The van der Waals surface area contributed by atoms with Crippen LogP contribution in [-0.4, -0.2) is 64.6 Å². The first kappa shape index (κ1) is 29.9. The number of benzene rings is 1. The molecule has 2 aliphatic rings. The summed E-state index contributed by atoms with van der Waals surface area (Å²) in [6.45, 7) is 5.96. The zero-order valence-electron chi connectivity index (χ0n) is 24.9. The second kappa shape index (κ2) is 11.1. The first-order chi connectivity index (χ1) is 20.8. The molecule has 44 heavy (non-hydrogen) atoms. The van der Waals surface area contributed by atoms with Crippen LogP contribution in [0.15, 0.2) is 41.3 Å². The lowest BCUT2D eigenvalue weighted by Crippen LogP contribution is -2.33. The zero-order valence-corrected chi connectivity index (χ0v) is 26.5. The summed E-state index contributed by atoms with van der Waals surface area (Å²) in [6.07, 6.45) is 2.60. The van der Waals surface area contributed by atoms with Crippen LogP contribution in [0.3, 0.4) is 0 Å². The normalized spacial score (nSPS) is 20.0. The van der Waals surface area contributed by atoms with Gasteiger partial charge in [-0.15, -0.1) is 0 Å². The number of rotatable bonds is 9. The molecule has 0 radical (unpaired) electrons. The molecule has 6 rings (SSSR count). The Morgan fingerprint density at radius 3 is 2.55 bits per heavy atom. The standard InChI is InChI=1S/C29H33ClN8O5S/c1-15-10-17(16(2)32-22-6-7-23(30)33-26(22)27(39)35-44(5,41)42)25-18(11-15)28(40)36(3)29(34-25)38-12-19-20(13-38)21(19)14-43-24-8-9-31-37(24)4/h6-11,16,19-21,32H,12-14H2,1-5H3,(H,35,39)/t16-,19-,20+,21?/m1/s1. The highest BCUT2D eigenvalue weighted by molar-refractivity contribution is 7.89. The molecule has 1 aliphatic carbocycles. The van der Waals surface area contributed by atoms with Crippen LogP contribution >= 0.6 is 11.6 Å². The Kier molecular flexibility index (Phi) is 7.52. The average molecular weight is 641 g/mol. The predicted octanol–water partition coefficient (Wildman–Crippen LogP) is 2.65. The van der Waals surface area contributed by atoms with Gasteiger partial charge in [-0.1, -0.05) is 17.7 Å². The maximum Gasteiger partial charge on any atom is 0.285 e. The fraction of sp³-hybridized carbons (Fsp3) is 0.414. The van der Waals surface area contributed by atoms with E-state index in [1.165, 1.54) is 6.07 Å². The molecule has 15 heteroatoms. The maximum atomic E-state index is 13.6. The fourth-order valence-corrected chi connectivity index (χ4v) is 6.73. The summed E-state index contributed by atoms with van der Waals surface area (Å²) < 4.78 is 34.6. The van der Waals surface area contributed by atoms with E-state index in [4.69, 9.17) is 21.3 Å². The van der Waals surface area contributed by atoms with Gasteiger partial charge < -0.3 is 15.0 Å². The quantitative estimate of drug-likeness (QED) is 0.261. The van der Waals surface area contributed by atoms with Gasteiger partial charge >= 0.3 is 0 Å². The minimum Gasteiger partial charge on any atom is -0.478 e. The Labute approximate surface area is 259 Å². The summed E-state index contributed by atoms with van der Waals surface area (Å²) in [5.74, 6) is 1.80. The molecule has 1 saturated carbocycles. The van der Waals surface area contributed by atoms with Crippen molar-refractivity contribution in [2.45, 2.75) is 19.9 Å². The lowest BCUT2D eigenvalue weighted by atomic mass is 10.0.